The molecule has 2 aliphatic heterocycles. The monoisotopic (exact) mass is 683 g/mol. The lowest BCUT2D eigenvalue weighted by molar-refractivity contribution is 0.0854. The molecule has 1 amide bonds. The van der Waals surface area contributed by atoms with Gasteiger partial charge in [-0.05, 0) is 72.5 Å². The molecule has 12 heteroatoms. The molecule has 12 nitrogen and oxygen atoms in total. The fourth-order valence-corrected chi connectivity index (χ4v) is 5.91. The van der Waals surface area contributed by atoms with Crippen LogP contribution in [0.2, 0.25) is 0 Å². The predicted octanol–water partition coefficient (Wildman–Crippen LogP) is 6.69. The summed E-state index contributed by atoms with van der Waals surface area (Å²) in [5.74, 6) is 3.95. The third kappa shape index (κ3) is 7.29. The molecule has 2 heterocycles. The molecule has 2 unspecified atom stereocenters. The number of nitrogens with zero attached hydrogens (tertiary/aromatic N) is 1. The van der Waals surface area contributed by atoms with Crippen LogP contribution in [0, 0.1) is 0 Å². The van der Waals surface area contributed by atoms with Gasteiger partial charge < -0.3 is 48.6 Å². The molecule has 0 aliphatic carbocycles. The molecule has 0 radical (unpaired) electrons. The molecule has 262 valence electrons. The summed E-state index contributed by atoms with van der Waals surface area (Å²) in [6, 6.07) is 22.5. The summed E-state index contributed by atoms with van der Waals surface area (Å²) >= 11 is 0. The first kappa shape index (κ1) is 34.1. The molecule has 0 saturated carbocycles. The quantitative estimate of drug-likeness (QED) is 0.131. The summed E-state index contributed by atoms with van der Waals surface area (Å²) in [7, 11) is 7.94. The van der Waals surface area contributed by atoms with Crippen LogP contribution < -0.4 is 43.8 Å². The number of para-hydroxylation sites is 1. The van der Waals surface area contributed by atoms with Crippen LogP contribution in [0.25, 0.3) is 0 Å². The number of nitrogens with one attached hydrogen (secondary N) is 2. The van der Waals surface area contributed by atoms with E-state index < -0.39 is 0 Å². The Kier molecular flexibility index (Phi) is 10.7. The number of hydrogen-bond acceptors (Lipinski definition) is 11. The average Bonchev–Trinajstić information content (AvgIpc) is 3.66. The Balaban J connectivity index is 1.01. The highest BCUT2D eigenvalue weighted by atomic mass is 16.6. The minimum atomic E-state index is -0.385. The number of carbonyl (C=O) groups is 1. The summed E-state index contributed by atoms with van der Waals surface area (Å²) in [6.07, 6.45) is 1.37. The van der Waals surface area contributed by atoms with Crippen LogP contribution in [0.4, 0.5) is 5.69 Å². The van der Waals surface area contributed by atoms with Crippen LogP contribution in [0.1, 0.15) is 58.6 Å². The van der Waals surface area contributed by atoms with E-state index in [2.05, 4.69) is 15.8 Å². The predicted molar refractivity (Wildman–Crippen MR) is 188 cm³/mol. The van der Waals surface area contributed by atoms with E-state index in [-0.39, 0.29) is 18.2 Å². The van der Waals surface area contributed by atoms with Crippen molar-refractivity contribution < 1.29 is 42.8 Å². The minimum Gasteiger partial charge on any atom is -0.493 e. The Hall–Kier alpha value is -5.78. The van der Waals surface area contributed by atoms with E-state index >= 15 is 0 Å². The fraction of sp³-hybridized carbons (Fsp3) is 0.316. The third-order valence-corrected chi connectivity index (χ3v) is 8.55. The van der Waals surface area contributed by atoms with Gasteiger partial charge in [0.25, 0.3) is 5.91 Å². The van der Waals surface area contributed by atoms with Gasteiger partial charge in [0.2, 0.25) is 5.75 Å². The summed E-state index contributed by atoms with van der Waals surface area (Å²) in [6.45, 7) is 0.936. The van der Waals surface area contributed by atoms with Gasteiger partial charge in [-0.2, -0.15) is 0 Å². The van der Waals surface area contributed by atoms with Crippen molar-refractivity contribution >= 4 is 17.3 Å². The zero-order valence-electron chi connectivity index (χ0n) is 28.7. The number of benzene rings is 4. The van der Waals surface area contributed by atoms with Crippen molar-refractivity contribution in [1.82, 2.24) is 5.32 Å². The lowest BCUT2D eigenvalue weighted by Gasteiger charge is -2.28. The lowest BCUT2D eigenvalue weighted by Crippen LogP contribution is -2.38. The molecule has 0 bridgehead atoms. The normalized spacial score (nSPS) is 16.2. The lowest BCUT2D eigenvalue weighted by atomic mass is 9.99. The number of methoxy groups -OCH3 is 5. The molecule has 4 aromatic carbocycles. The third-order valence-electron chi connectivity index (χ3n) is 8.55. The van der Waals surface area contributed by atoms with E-state index in [1.807, 2.05) is 66.7 Å². The number of hydrogen-bond donors (Lipinski definition) is 2. The zero-order chi connectivity index (χ0) is 35.0. The van der Waals surface area contributed by atoms with Gasteiger partial charge in [0.1, 0.15) is 6.17 Å². The topological polar surface area (TPSA) is 127 Å². The van der Waals surface area contributed by atoms with Crippen LogP contribution in [0.3, 0.4) is 0 Å². The van der Waals surface area contributed by atoms with Crippen LogP contribution in [-0.4, -0.2) is 60.4 Å². The van der Waals surface area contributed by atoms with E-state index in [0.29, 0.717) is 65.4 Å². The average molecular weight is 684 g/mol. The number of anilines is 1. The first-order valence-corrected chi connectivity index (χ1v) is 16.3. The number of rotatable bonds is 15. The molecule has 2 aliphatic rings. The van der Waals surface area contributed by atoms with Crippen LogP contribution >= 0.6 is 0 Å². The van der Waals surface area contributed by atoms with Gasteiger partial charge in [0.15, 0.2) is 40.6 Å². The van der Waals surface area contributed by atoms with Gasteiger partial charge in [-0.3, -0.25) is 4.79 Å². The highest BCUT2D eigenvalue weighted by Gasteiger charge is 2.28. The van der Waals surface area contributed by atoms with Crippen molar-refractivity contribution in [2.75, 3.05) is 54.1 Å². The highest BCUT2D eigenvalue weighted by Crippen LogP contribution is 2.41. The van der Waals surface area contributed by atoms with Crippen molar-refractivity contribution in [3.05, 3.63) is 95.1 Å². The number of amides is 1. The number of unbranched alkanes of at least 4 members (excludes halogenated alkanes) is 1. The smallest absolute Gasteiger partial charge is 0.255 e. The number of oxime groups is 1. The molecule has 0 fully saturated rings. The molecule has 6 rings (SSSR count). The van der Waals surface area contributed by atoms with E-state index in [1.165, 1.54) is 0 Å². The molecule has 2 N–H and O–H groups in total. The van der Waals surface area contributed by atoms with Gasteiger partial charge in [0.05, 0.1) is 60.0 Å². The van der Waals surface area contributed by atoms with Gasteiger partial charge in [-0.1, -0.05) is 29.4 Å². The minimum absolute atomic E-state index is 0.127. The van der Waals surface area contributed by atoms with Crippen LogP contribution in [0.15, 0.2) is 78.0 Å². The van der Waals surface area contributed by atoms with Crippen molar-refractivity contribution in [2.45, 2.75) is 31.5 Å². The maximum atomic E-state index is 12.6. The Morgan fingerprint density at radius 1 is 0.680 bits per heavy atom. The van der Waals surface area contributed by atoms with E-state index in [1.54, 1.807) is 41.6 Å². The summed E-state index contributed by atoms with van der Waals surface area (Å²) < 4.78 is 39.8. The Bertz CT molecular complexity index is 1840. The van der Waals surface area contributed by atoms with E-state index in [0.717, 1.165) is 40.9 Å². The number of fused-ring (bicyclic) bond motifs is 1. The second kappa shape index (κ2) is 15.6. The van der Waals surface area contributed by atoms with Crippen molar-refractivity contribution in [3.63, 3.8) is 0 Å². The van der Waals surface area contributed by atoms with Crippen molar-refractivity contribution in [1.29, 1.82) is 0 Å². The van der Waals surface area contributed by atoms with E-state index in [9.17, 15) is 4.79 Å². The summed E-state index contributed by atoms with van der Waals surface area (Å²) in [5.41, 5.74) is 4.76. The molecule has 2 atom stereocenters. The summed E-state index contributed by atoms with van der Waals surface area (Å²) in [5, 5.41) is 10.7. The molecule has 50 heavy (non-hydrogen) atoms. The summed E-state index contributed by atoms with van der Waals surface area (Å²) in [4.78, 5) is 18.4. The van der Waals surface area contributed by atoms with E-state index in [4.69, 9.17) is 38.0 Å². The highest BCUT2D eigenvalue weighted by molar-refractivity contribution is 6.02. The van der Waals surface area contributed by atoms with Crippen LogP contribution in [-0.2, 0) is 4.84 Å². The van der Waals surface area contributed by atoms with Crippen molar-refractivity contribution in [2.24, 2.45) is 5.16 Å². The first-order chi connectivity index (χ1) is 24.5. The maximum absolute atomic E-state index is 12.6. The fourth-order valence-electron chi connectivity index (χ4n) is 5.91. The second-order valence-corrected chi connectivity index (χ2v) is 11.6. The van der Waals surface area contributed by atoms with Crippen molar-refractivity contribution in [3.8, 4) is 40.2 Å². The number of ether oxygens (including phenoxy) is 7. The molecular weight excluding hydrogens is 642 g/mol. The van der Waals surface area contributed by atoms with Gasteiger partial charge in [0, 0.05) is 17.7 Å². The van der Waals surface area contributed by atoms with Gasteiger partial charge >= 0.3 is 0 Å². The molecular formula is C38H41N3O9. The number of carbonyl (C=O) groups excluding carboxylic acids is 1. The molecule has 0 spiro atoms. The van der Waals surface area contributed by atoms with Crippen LogP contribution in [0.5, 0.6) is 40.2 Å². The molecule has 0 aromatic heterocycles. The second-order valence-electron chi connectivity index (χ2n) is 11.6. The first-order valence-electron chi connectivity index (χ1n) is 16.3. The molecule has 4 aromatic rings. The Morgan fingerprint density at radius 3 is 2.02 bits per heavy atom. The largest absolute Gasteiger partial charge is 0.493 e. The van der Waals surface area contributed by atoms with Gasteiger partial charge in [-0.15, -0.1) is 0 Å². The molecule has 0 saturated heterocycles. The zero-order valence-corrected chi connectivity index (χ0v) is 28.7. The Labute approximate surface area is 291 Å². The SMILES string of the molecule is COc1cc([12CH]2NC(=O)c3ccccc3N2)ccc1OCCCCOc1cc(C2CC(c3cc(OC)c(OC)c(OC)c3)=NO2)ccc1OC. The Morgan fingerprint density at radius 2 is 1.32 bits per heavy atom. The standard InChI is InChI=1S/C38H41N3O9/c1-43-29-14-12-23(31-22-28(41-50-31)25-20-34(45-3)36(47-5)35(21-25)46-4)18-33(29)49-17-9-8-16-48-30-15-13-24(19-32(30)44-2)37-39-27-11-7-6-10-26(27)38(42)40-37/h6-7,10-15,18-21,31,37,39H,8-9,16-17,22H2,1-5H3,(H,40,42)/i37+0. The maximum Gasteiger partial charge on any atom is 0.255 e. The van der Waals surface area contributed by atoms with Gasteiger partial charge in [-0.25, -0.2) is 0 Å².